The maximum Gasteiger partial charge on any atom is 0.250 e. The van der Waals surface area contributed by atoms with Crippen LogP contribution in [0.2, 0.25) is 15.1 Å². The first-order valence-corrected chi connectivity index (χ1v) is 10.5. The Bertz CT molecular complexity index is 1220. The molecule has 0 bridgehead atoms. The van der Waals surface area contributed by atoms with Gasteiger partial charge in [-0.05, 0) is 48.9 Å². The average Bonchev–Trinajstić information content (AvgIpc) is 2.74. The quantitative estimate of drug-likeness (QED) is 0.382. The molecule has 0 radical (unpaired) electrons. The molecule has 0 spiro atoms. The summed E-state index contributed by atoms with van der Waals surface area (Å²) in [7, 11) is 0. The van der Waals surface area contributed by atoms with E-state index < -0.39 is 24.0 Å². The number of anilines is 1. The van der Waals surface area contributed by atoms with Crippen molar-refractivity contribution in [2.45, 2.75) is 19.9 Å². The molecule has 0 aliphatic carbocycles. The maximum absolute atomic E-state index is 13.2. The van der Waals surface area contributed by atoms with Crippen molar-refractivity contribution < 1.29 is 14.4 Å². The summed E-state index contributed by atoms with van der Waals surface area (Å²) >= 11 is 18.3. The number of nitrogens with zero attached hydrogens (tertiary/aromatic N) is 3. The smallest absolute Gasteiger partial charge is 0.250 e. The molecule has 3 rings (SSSR count). The number of hydrogen-bond donors (Lipinski definition) is 1. The number of rotatable bonds is 7. The Labute approximate surface area is 199 Å². The fraction of sp³-hybridized carbons (Fsp3) is 0.136. The summed E-state index contributed by atoms with van der Waals surface area (Å²) in [5, 5.41) is 0.770. The van der Waals surface area contributed by atoms with Gasteiger partial charge < -0.3 is 10.6 Å². The van der Waals surface area contributed by atoms with Gasteiger partial charge >= 0.3 is 0 Å². The number of carbonyl (C=O) groups excluding carboxylic acids is 3. The van der Waals surface area contributed by atoms with Crippen LogP contribution < -0.4 is 10.6 Å². The highest BCUT2D eigenvalue weighted by Gasteiger charge is 2.23. The fourth-order valence-corrected chi connectivity index (χ4v) is 3.50. The van der Waals surface area contributed by atoms with Crippen LogP contribution in [-0.4, -0.2) is 27.6 Å². The van der Waals surface area contributed by atoms with Gasteiger partial charge in [0.15, 0.2) is 5.82 Å². The predicted octanol–water partition coefficient (Wildman–Crippen LogP) is 4.65. The molecule has 32 heavy (non-hydrogen) atoms. The van der Waals surface area contributed by atoms with Gasteiger partial charge in [0, 0.05) is 17.6 Å². The van der Waals surface area contributed by atoms with Gasteiger partial charge in [-0.1, -0.05) is 40.9 Å². The number of nitrogens with two attached hydrogens (primary N) is 1. The fourth-order valence-electron chi connectivity index (χ4n) is 2.91. The minimum atomic E-state index is -0.698. The SMILES string of the molecule is Cc1ccnc(C(=O)CC(=O)N(Cc2ccc(Cl)c(Cl)c2)c2ccc(C(N)=O)c(Cl)c2)n1. The van der Waals surface area contributed by atoms with Gasteiger partial charge in [0.25, 0.3) is 0 Å². The monoisotopic (exact) mass is 490 g/mol. The van der Waals surface area contributed by atoms with Crippen molar-refractivity contribution in [3.05, 3.63) is 86.4 Å². The number of hydrogen-bond acceptors (Lipinski definition) is 5. The molecule has 0 saturated carbocycles. The van der Waals surface area contributed by atoms with E-state index in [1.165, 1.54) is 29.3 Å². The summed E-state index contributed by atoms with van der Waals surface area (Å²) < 4.78 is 0. The number of amides is 2. The first kappa shape index (κ1) is 23.7. The highest BCUT2D eigenvalue weighted by atomic mass is 35.5. The second-order valence-corrected chi connectivity index (χ2v) is 8.10. The Balaban J connectivity index is 1.94. The molecular weight excluding hydrogens is 475 g/mol. The lowest BCUT2D eigenvalue weighted by atomic mass is 10.1. The normalized spacial score (nSPS) is 10.6. The number of aryl methyl sites for hydroxylation is 1. The van der Waals surface area contributed by atoms with E-state index in [-0.39, 0.29) is 23.0 Å². The van der Waals surface area contributed by atoms with Crippen LogP contribution in [0, 0.1) is 6.92 Å². The topological polar surface area (TPSA) is 106 Å². The third-order valence-corrected chi connectivity index (χ3v) is 5.56. The molecule has 0 unspecified atom stereocenters. The molecule has 0 fully saturated rings. The van der Waals surface area contributed by atoms with Gasteiger partial charge in [-0.15, -0.1) is 0 Å². The summed E-state index contributed by atoms with van der Waals surface area (Å²) in [6, 6.07) is 11.0. The molecule has 2 aromatic carbocycles. The van der Waals surface area contributed by atoms with Crippen molar-refractivity contribution in [3.8, 4) is 0 Å². The largest absolute Gasteiger partial charge is 0.366 e. The molecule has 0 saturated heterocycles. The zero-order valence-electron chi connectivity index (χ0n) is 16.8. The Morgan fingerprint density at radius 3 is 2.34 bits per heavy atom. The zero-order valence-corrected chi connectivity index (χ0v) is 19.1. The van der Waals surface area contributed by atoms with E-state index in [9.17, 15) is 14.4 Å². The molecule has 3 aromatic rings. The number of halogens is 3. The zero-order chi connectivity index (χ0) is 23.4. The molecule has 1 heterocycles. The minimum absolute atomic E-state index is 0.0463. The minimum Gasteiger partial charge on any atom is -0.366 e. The first-order valence-electron chi connectivity index (χ1n) is 9.32. The van der Waals surface area contributed by atoms with Gasteiger partial charge in [0.1, 0.15) is 0 Å². The van der Waals surface area contributed by atoms with Crippen molar-refractivity contribution in [1.29, 1.82) is 0 Å². The second-order valence-electron chi connectivity index (χ2n) is 6.88. The van der Waals surface area contributed by atoms with Crippen LogP contribution in [0.25, 0.3) is 0 Å². The van der Waals surface area contributed by atoms with Gasteiger partial charge in [-0.3, -0.25) is 14.4 Å². The molecular formula is C22H17Cl3N4O3. The molecule has 2 amide bonds. The third-order valence-electron chi connectivity index (χ3n) is 4.51. The van der Waals surface area contributed by atoms with Gasteiger partial charge in [-0.2, -0.15) is 0 Å². The van der Waals surface area contributed by atoms with Crippen LogP contribution in [0.5, 0.6) is 0 Å². The van der Waals surface area contributed by atoms with Crippen LogP contribution in [0.4, 0.5) is 5.69 Å². The molecule has 164 valence electrons. The third kappa shape index (κ3) is 5.62. The number of benzene rings is 2. The molecule has 7 nitrogen and oxygen atoms in total. The highest BCUT2D eigenvalue weighted by Crippen LogP contribution is 2.28. The van der Waals surface area contributed by atoms with Crippen LogP contribution in [-0.2, 0) is 11.3 Å². The lowest BCUT2D eigenvalue weighted by molar-refractivity contribution is -0.117. The lowest BCUT2D eigenvalue weighted by Gasteiger charge is -2.23. The van der Waals surface area contributed by atoms with Crippen molar-refractivity contribution in [2.24, 2.45) is 5.73 Å². The summed E-state index contributed by atoms with van der Waals surface area (Å²) in [5.41, 5.74) is 7.07. The van der Waals surface area contributed by atoms with Crippen LogP contribution in [0.15, 0.2) is 48.7 Å². The van der Waals surface area contributed by atoms with E-state index in [0.717, 1.165) is 0 Å². The van der Waals surface area contributed by atoms with E-state index >= 15 is 0 Å². The Hall–Kier alpha value is -3.00. The number of ketones is 1. The molecule has 0 aliphatic heterocycles. The molecule has 10 heteroatoms. The first-order chi connectivity index (χ1) is 15.2. The van der Waals surface area contributed by atoms with Crippen molar-refractivity contribution >= 4 is 58.1 Å². The summed E-state index contributed by atoms with van der Waals surface area (Å²) in [6.07, 6.45) is 0.982. The molecule has 0 atom stereocenters. The van der Waals surface area contributed by atoms with Gasteiger partial charge in [0.05, 0.1) is 33.6 Å². The average molecular weight is 492 g/mol. The standard InChI is InChI=1S/C22H17Cl3N4O3/c1-12-6-7-27-22(28-12)19(30)10-20(31)29(11-13-2-5-16(23)18(25)8-13)14-3-4-15(21(26)32)17(24)9-14/h2-9H,10-11H2,1H3,(H2,26,32). The summed E-state index contributed by atoms with van der Waals surface area (Å²) in [4.78, 5) is 46.6. The van der Waals surface area contributed by atoms with Crippen molar-refractivity contribution in [3.63, 3.8) is 0 Å². The molecule has 0 aliphatic rings. The summed E-state index contributed by atoms with van der Waals surface area (Å²) in [5.74, 6) is -1.79. The van der Waals surface area contributed by atoms with Crippen LogP contribution >= 0.6 is 34.8 Å². The van der Waals surface area contributed by atoms with Crippen molar-refractivity contribution in [2.75, 3.05) is 4.90 Å². The Morgan fingerprint density at radius 2 is 1.72 bits per heavy atom. The van der Waals surface area contributed by atoms with Crippen molar-refractivity contribution in [1.82, 2.24) is 9.97 Å². The summed E-state index contributed by atoms with van der Waals surface area (Å²) in [6.45, 7) is 1.79. The molecule has 2 N–H and O–H groups in total. The highest BCUT2D eigenvalue weighted by molar-refractivity contribution is 6.42. The van der Waals surface area contributed by atoms with E-state index in [0.29, 0.717) is 27.0 Å². The van der Waals surface area contributed by atoms with Crippen LogP contribution in [0.1, 0.15) is 38.7 Å². The number of Topliss-reactive ketones (excluding diaryl/α,β-unsaturated/α-hetero) is 1. The van der Waals surface area contributed by atoms with Crippen LogP contribution in [0.3, 0.4) is 0 Å². The Morgan fingerprint density at radius 1 is 0.969 bits per heavy atom. The number of primary amides is 1. The van der Waals surface area contributed by atoms with E-state index in [4.69, 9.17) is 40.5 Å². The van der Waals surface area contributed by atoms with E-state index in [1.54, 1.807) is 31.2 Å². The lowest BCUT2D eigenvalue weighted by Crippen LogP contribution is -2.32. The van der Waals surface area contributed by atoms with Gasteiger partial charge in [0.2, 0.25) is 17.6 Å². The second kappa shape index (κ2) is 10.1. The Kier molecular flexibility index (Phi) is 7.45. The maximum atomic E-state index is 13.2. The van der Waals surface area contributed by atoms with E-state index in [2.05, 4.69) is 9.97 Å². The predicted molar refractivity (Wildman–Crippen MR) is 123 cm³/mol. The number of aromatic nitrogens is 2. The molecule has 1 aromatic heterocycles. The van der Waals surface area contributed by atoms with Gasteiger partial charge in [-0.25, -0.2) is 9.97 Å². The van der Waals surface area contributed by atoms with E-state index in [1.807, 2.05) is 0 Å². The number of carbonyl (C=O) groups is 3.